The number of nitrogens with zero attached hydrogens (tertiary/aromatic N) is 6. The van der Waals surface area contributed by atoms with Crippen molar-refractivity contribution in [2.24, 2.45) is 11.8 Å². The number of hydrogen-bond donors (Lipinski definition) is 0. The van der Waals surface area contributed by atoms with Crippen LogP contribution in [-0.4, -0.2) is 67.2 Å². The van der Waals surface area contributed by atoms with Gasteiger partial charge >= 0.3 is 0 Å². The van der Waals surface area contributed by atoms with Crippen LogP contribution in [0, 0.1) is 18.8 Å². The minimum atomic E-state index is -1.52. The standard InChI is InChI=1S/C27H32FN3O4.C10H11N3O.3C2H6/c1-7-17(2)27(33)20-8-10-21(11-9-20)35-22-12-13-24(34-19(4)28)23(14-22)26-18(3)15-31(29-26)16-25(32)30(5)6;1-7(2)9(14)8-6-12-13-5-3-4-11-10(8)13;3*1-2/h8-15,17,19H,7,16H2,1-6H3;3-7H,1-2H3;3*1-2H3. The summed E-state index contributed by atoms with van der Waals surface area (Å²) in [7, 11) is 3.36. The number of rotatable bonds is 12. The molecule has 2 atom stereocenters. The van der Waals surface area contributed by atoms with Crippen LogP contribution in [0.5, 0.6) is 17.2 Å². The van der Waals surface area contributed by atoms with Crippen molar-refractivity contribution in [2.75, 3.05) is 14.1 Å². The van der Waals surface area contributed by atoms with Crippen molar-refractivity contribution in [1.82, 2.24) is 29.3 Å². The molecule has 55 heavy (non-hydrogen) atoms. The van der Waals surface area contributed by atoms with Gasteiger partial charge in [0, 0.05) is 62.6 Å². The summed E-state index contributed by atoms with van der Waals surface area (Å²) in [5, 5.41) is 8.60. The van der Waals surface area contributed by atoms with Gasteiger partial charge in [-0.05, 0) is 67.4 Å². The van der Waals surface area contributed by atoms with Gasteiger partial charge in [0.05, 0.1) is 17.5 Å². The number of amides is 1. The highest BCUT2D eigenvalue weighted by atomic mass is 19.1. The van der Waals surface area contributed by atoms with Crippen molar-refractivity contribution in [3.8, 4) is 28.5 Å². The lowest BCUT2D eigenvalue weighted by molar-refractivity contribution is -0.129. The second-order valence-electron chi connectivity index (χ2n) is 12.2. The molecule has 5 aromatic rings. The normalized spacial score (nSPS) is 11.2. The van der Waals surface area contributed by atoms with Crippen LogP contribution in [0.15, 0.2) is 73.3 Å². The van der Waals surface area contributed by atoms with Crippen LogP contribution in [0.2, 0.25) is 0 Å². The Labute approximate surface area is 326 Å². The number of halogens is 1. The van der Waals surface area contributed by atoms with E-state index in [1.54, 1.807) is 96.6 Å². The summed E-state index contributed by atoms with van der Waals surface area (Å²) in [6.45, 7) is 22.9. The molecule has 0 saturated carbocycles. The van der Waals surface area contributed by atoms with E-state index in [1.165, 1.54) is 11.8 Å². The Hall–Kier alpha value is -5.39. The molecule has 0 N–H and O–H groups in total. The average molecular weight is 761 g/mol. The summed E-state index contributed by atoms with van der Waals surface area (Å²) in [5.74, 6) is 1.40. The van der Waals surface area contributed by atoms with Crippen molar-refractivity contribution in [1.29, 1.82) is 0 Å². The topological polar surface area (TPSA) is 121 Å². The van der Waals surface area contributed by atoms with Gasteiger partial charge in [0.25, 0.3) is 0 Å². The first-order valence-corrected chi connectivity index (χ1v) is 19.1. The summed E-state index contributed by atoms with van der Waals surface area (Å²) in [6, 6.07) is 13.8. The predicted octanol–water partition coefficient (Wildman–Crippen LogP) is 10.3. The van der Waals surface area contributed by atoms with E-state index >= 15 is 0 Å². The number of carbonyl (C=O) groups excluding carboxylic acids is 3. The fourth-order valence-corrected chi connectivity index (χ4v) is 4.79. The molecule has 0 radical (unpaired) electrons. The molecule has 0 saturated heterocycles. The molecule has 1 amide bonds. The Balaban J connectivity index is 0.000000625. The molecule has 2 aromatic carbocycles. The van der Waals surface area contributed by atoms with E-state index in [1.807, 2.05) is 76.2 Å². The first-order chi connectivity index (χ1) is 26.3. The molecular weight excluding hydrogens is 700 g/mol. The highest BCUT2D eigenvalue weighted by molar-refractivity contribution is 6.02. The van der Waals surface area contributed by atoms with Gasteiger partial charge in [-0.3, -0.25) is 19.1 Å². The Bertz CT molecular complexity index is 1910. The smallest absolute Gasteiger partial charge is 0.243 e. The zero-order valence-electron chi connectivity index (χ0n) is 35.2. The maximum atomic E-state index is 13.7. The minimum Gasteiger partial charge on any atom is -0.460 e. The number of carbonyl (C=O) groups is 3. The van der Waals surface area contributed by atoms with Gasteiger partial charge in [-0.15, -0.1) is 0 Å². The Morgan fingerprint density at radius 1 is 0.891 bits per heavy atom. The Kier molecular flexibility index (Phi) is 20.9. The molecule has 0 spiro atoms. The van der Waals surface area contributed by atoms with Crippen LogP contribution >= 0.6 is 0 Å². The van der Waals surface area contributed by atoms with Crippen LogP contribution in [0.25, 0.3) is 16.9 Å². The van der Waals surface area contributed by atoms with Crippen molar-refractivity contribution in [2.45, 2.75) is 102 Å². The lowest BCUT2D eigenvalue weighted by atomic mass is 9.97. The highest BCUT2D eigenvalue weighted by Gasteiger charge is 2.19. The second kappa shape index (κ2) is 24.1. The summed E-state index contributed by atoms with van der Waals surface area (Å²) >= 11 is 0. The number of aryl methyl sites for hydroxylation is 1. The molecule has 0 bridgehead atoms. The number of alkyl halides is 1. The van der Waals surface area contributed by atoms with Crippen LogP contribution < -0.4 is 9.47 Å². The van der Waals surface area contributed by atoms with E-state index < -0.39 is 6.36 Å². The van der Waals surface area contributed by atoms with E-state index in [4.69, 9.17) is 9.47 Å². The third kappa shape index (κ3) is 13.8. The number of aromatic nitrogens is 5. The Morgan fingerprint density at radius 3 is 2.07 bits per heavy atom. The third-order valence-corrected chi connectivity index (χ3v) is 7.74. The van der Waals surface area contributed by atoms with Gasteiger partial charge in [-0.1, -0.05) is 69.2 Å². The number of hydrogen-bond acceptors (Lipinski definition) is 8. The molecule has 0 aliphatic heterocycles. The second-order valence-corrected chi connectivity index (χ2v) is 12.2. The van der Waals surface area contributed by atoms with Crippen molar-refractivity contribution in [3.05, 3.63) is 90.0 Å². The fourth-order valence-electron chi connectivity index (χ4n) is 4.79. The first-order valence-electron chi connectivity index (χ1n) is 19.1. The van der Waals surface area contributed by atoms with Crippen molar-refractivity contribution >= 4 is 23.1 Å². The molecule has 0 fully saturated rings. The summed E-state index contributed by atoms with van der Waals surface area (Å²) in [6.07, 6.45) is 6.04. The van der Waals surface area contributed by atoms with Gasteiger partial charge < -0.3 is 14.4 Å². The molecule has 5 rings (SSSR count). The lowest BCUT2D eigenvalue weighted by Crippen LogP contribution is -2.26. The molecule has 3 heterocycles. The van der Waals surface area contributed by atoms with E-state index in [2.05, 4.69) is 15.2 Å². The van der Waals surface area contributed by atoms with Crippen LogP contribution in [0.3, 0.4) is 0 Å². The molecule has 12 heteroatoms. The number of likely N-dealkylation sites (N-methyl/N-ethyl adjacent to an activating group) is 1. The van der Waals surface area contributed by atoms with E-state index in [0.29, 0.717) is 45.3 Å². The molecule has 11 nitrogen and oxygen atoms in total. The number of benzene rings is 2. The number of ether oxygens (including phenoxy) is 2. The maximum Gasteiger partial charge on any atom is 0.243 e. The zero-order chi connectivity index (χ0) is 41.8. The fraction of sp³-hybridized carbons (Fsp3) is 0.442. The summed E-state index contributed by atoms with van der Waals surface area (Å²) in [4.78, 5) is 41.8. The van der Waals surface area contributed by atoms with Gasteiger partial charge in [0.1, 0.15) is 23.8 Å². The van der Waals surface area contributed by atoms with E-state index in [9.17, 15) is 18.8 Å². The molecule has 2 unspecified atom stereocenters. The zero-order valence-corrected chi connectivity index (χ0v) is 35.2. The number of Topliss-reactive ketones (excluding diaryl/α,β-unsaturated/α-hetero) is 2. The molecule has 3 aromatic heterocycles. The number of fused-ring (bicyclic) bond motifs is 1. The molecule has 0 aliphatic carbocycles. The molecular formula is C43H61FN6O5. The van der Waals surface area contributed by atoms with Gasteiger partial charge in [0.15, 0.2) is 17.2 Å². The summed E-state index contributed by atoms with van der Waals surface area (Å²) in [5.41, 5.74) is 3.78. The third-order valence-electron chi connectivity index (χ3n) is 7.74. The van der Waals surface area contributed by atoms with Crippen molar-refractivity contribution < 1.29 is 28.2 Å². The first kappa shape index (κ1) is 47.6. The van der Waals surface area contributed by atoms with Gasteiger partial charge in [-0.25, -0.2) is 13.9 Å². The van der Waals surface area contributed by atoms with E-state index in [0.717, 1.165) is 12.0 Å². The molecule has 0 aliphatic rings. The van der Waals surface area contributed by atoms with Crippen LogP contribution in [0.1, 0.15) is 109 Å². The van der Waals surface area contributed by atoms with Gasteiger partial charge in [0.2, 0.25) is 12.3 Å². The Morgan fingerprint density at radius 2 is 1.51 bits per heavy atom. The predicted molar refractivity (Wildman–Crippen MR) is 219 cm³/mol. The monoisotopic (exact) mass is 760 g/mol. The SMILES string of the molecule is CC.CC.CC.CC(C)C(=O)c1cnn2cccnc12.CCC(C)C(=O)c1ccc(Oc2ccc(OC(C)F)c(-c3nn(CC(=O)N(C)C)cc3C)c2)cc1. The molecule has 300 valence electrons. The lowest BCUT2D eigenvalue weighted by Gasteiger charge is -2.14. The van der Waals surface area contributed by atoms with E-state index in [-0.39, 0.29) is 35.9 Å². The average Bonchev–Trinajstić information content (AvgIpc) is 3.80. The van der Waals surface area contributed by atoms with Crippen molar-refractivity contribution in [3.63, 3.8) is 0 Å². The largest absolute Gasteiger partial charge is 0.460 e. The number of ketones is 2. The quantitative estimate of drug-likeness (QED) is 0.115. The maximum absolute atomic E-state index is 13.7. The van der Waals surface area contributed by atoms with Crippen LogP contribution in [-0.2, 0) is 11.3 Å². The summed E-state index contributed by atoms with van der Waals surface area (Å²) < 4.78 is 28.3. The minimum absolute atomic E-state index is 0.0231. The van der Waals surface area contributed by atoms with Crippen LogP contribution in [0.4, 0.5) is 4.39 Å². The van der Waals surface area contributed by atoms with Gasteiger partial charge in [-0.2, -0.15) is 10.2 Å². The highest BCUT2D eigenvalue weighted by Crippen LogP contribution is 2.36.